The number of nitrogens with one attached hydrogen (secondary N) is 1. The molecule has 3 heteroatoms. The second-order valence-corrected chi connectivity index (χ2v) is 5.04. The fourth-order valence-corrected chi connectivity index (χ4v) is 1.80. The second kappa shape index (κ2) is 7.74. The smallest absolute Gasteiger partial charge is 0.330 e. The van der Waals surface area contributed by atoms with E-state index in [2.05, 4.69) is 43.4 Å². The topological polar surface area (TPSA) is 38.3 Å². The number of carbonyl (C=O) groups is 1. The van der Waals surface area contributed by atoms with Crippen molar-refractivity contribution in [3.05, 3.63) is 48.0 Å². The van der Waals surface area contributed by atoms with Crippen molar-refractivity contribution in [2.45, 2.75) is 26.2 Å². The van der Waals surface area contributed by atoms with Gasteiger partial charge in [-0.15, -0.1) is 0 Å². The molecule has 1 aromatic carbocycles. The molecule has 0 aliphatic carbocycles. The van der Waals surface area contributed by atoms with Crippen molar-refractivity contribution in [3.63, 3.8) is 0 Å². The molecule has 1 N–H and O–H groups in total. The summed E-state index contributed by atoms with van der Waals surface area (Å²) in [5.41, 5.74) is 1.37. The normalized spacial score (nSPS) is 11.7. The van der Waals surface area contributed by atoms with Gasteiger partial charge in [0.05, 0.1) is 6.61 Å². The van der Waals surface area contributed by atoms with Crippen LogP contribution in [0.2, 0.25) is 0 Å². The van der Waals surface area contributed by atoms with Crippen molar-refractivity contribution in [1.29, 1.82) is 0 Å². The number of rotatable bonds is 7. The van der Waals surface area contributed by atoms with E-state index in [-0.39, 0.29) is 11.4 Å². The van der Waals surface area contributed by atoms with Crippen LogP contribution in [-0.2, 0) is 14.9 Å². The van der Waals surface area contributed by atoms with Crippen LogP contribution in [0, 0.1) is 0 Å². The molecular formula is C16H23NO2. The third kappa shape index (κ3) is 5.71. The van der Waals surface area contributed by atoms with E-state index >= 15 is 0 Å². The van der Waals surface area contributed by atoms with Crippen LogP contribution in [0.1, 0.15) is 26.3 Å². The van der Waals surface area contributed by atoms with Crippen molar-refractivity contribution < 1.29 is 9.53 Å². The van der Waals surface area contributed by atoms with E-state index in [1.807, 2.05) is 6.07 Å². The predicted octanol–water partition coefficient (Wildman–Crippen LogP) is 2.67. The Labute approximate surface area is 115 Å². The first kappa shape index (κ1) is 15.4. The molecule has 3 nitrogen and oxygen atoms in total. The molecule has 0 heterocycles. The van der Waals surface area contributed by atoms with Gasteiger partial charge in [0.1, 0.15) is 0 Å². The van der Waals surface area contributed by atoms with Crippen LogP contribution >= 0.6 is 0 Å². The summed E-state index contributed by atoms with van der Waals surface area (Å²) in [5.74, 6) is -0.286. The van der Waals surface area contributed by atoms with Gasteiger partial charge in [0.2, 0.25) is 0 Å². The van der Waals surface area contributed by atoms with E-state index in [0.29, 0.717) is 13.2 Å². The Kier molecular flexibility index (Phi) is 6.30. The molecule has 0 saturated heterocycles. The minimum atomic E-state index is -0.286. The number of hydrogen-bond donors (Lipinski definition) is 1. The van der Waals surface area contributed by atoms with E-state index in [9.17, 15) is 4.79 Å². The Morgan fingerprint density at radius 3 is 2.63 bits per heavy atom. The molecule has 0 bridgehead atoms. The Morgan fingerprint density at radius 2 is 2.00 bits per heavy atom. The fourth-order valence-electron chi connectivity index (χ4n) is 1.80. The molecule has 0 fully saturated rings. The Balaban J connectivity index is 2.35. The average Bonchev–Trinajstić information content (AvgIpc) is 2.39. The second-order valence-electron chi connectivity index (χ2n) is 5.04. The van der Waals surface area contributed by atoms with Gasteiger partial charge in [-0.05, 0) is 12.5 Å². The molecule has 0 amide bonds. The summed E-state index contributed by atoms with van der Waals surface area (Å²) in [5, 5.41) is 3.33. The minimum Gasteiger partial charge on any atom is -0.463 e. The SMILES string of the molecule is CCOC(=O)/C=C/CNCC(C)(C)c1ccccc1. The first-order valence-corrected chi connectivity index (χ1v) is 6.66. The third-order valence-corrected chi connectivity index (χ3v) is 2.92. The standard InChI is InChI=1S/C16H23NO2/c1-4-19-15(18)11-8-12-17-13-16(2,3)14-9-6-5-7-10-14/h5-11,17H,4,12-13H2,1-3H3/b11-8+. The van der Waals surface area contributed by atoms with Gasteiger partial charge < -0.3 is 10.1 Å². The summed E-state index contributed by atoms with van der Waals surface area (Å²) >= 11 is 0. The largest absolute Gasteiger partial charge is 0.463 e. The molecule has 19 heavy (non-hydrogen) atoms. The van der Waals surface area contributed by atoms with Crippen LogP contribution in [0.15, 0.2) is 42.5 Å². The van der Waals surface area contributed by atoms with Crippen LogP contribution in [-0.4, -0.2) is 25.7 Å². The third-order valence-electron chi connectivity index (χ3n) is 2.92. The first-order valence-electron chi connectivity index (χ1n) is 6.66. The van der Waals surface area contributed by atoms with Gasteiger partial charge in [-0.1, -0.05) is 50.3 Å². The molecule has 0 atom stereocenters. The molecule has 0 spiro atoms. The molecule has 0 aliphatic rings. The van der Waals surface area contributed by atoms with E-state index in [1.54, 1.807) is 13.0 Å². The number of carbonyl (C=O) groups excluding carboxylic acids is 1. The zero-order valence-electron chi connectivity index (χ0n) is 12.0. The fraction of sp³-hybridized carbons (Fsp3) is 0.438. The summed E-state index contributed by atoms with van der Waals surface area (Å²) in [6.45, 7) is 8.12. The highest BCUT2D eigenvalue weighted by Gasteiger charge is 2.18. The van der Waals surface area contributed by atoms with E-state index in [4.69, 9.17) is 4.74 Å². The van der Waals surface area contributed by atoms with Crippen LogP contribution < -0.4 is 5.32 Å². The highest BCUT2D eigenvalue weighted by atomic mass is 16.5. The Hall–Kier alpha value is -1.61. The molecule has 0 unspecified atom stereocenters. The Morgan fingerprint density at radius 1 is 1.32 bits per heavy atom. The van der Waals surface area contributed by atoms with Crippen molar-refractivity contribution in [3.8, 4) is 0 Å². The quantitative estimate of drug-likeness (QED) is 0.466. The predicted molar refractivity (Wildman–Crippen MR) is 78.1 cm³/mol. The zero-order chi connectivity index (χ0) is 14.1. The molecule has 0 aliphatic heterocycles. The van der Waals surface area contributed by atoms with E-state index in [1.165, 1.54) is 11.6 Å². The maximum atomic E-state index is 11.1. The van der Waals surface area contributed by atoms with Crippen molar-refractivity contribution in [2.75, 3.05) is 19.7 Å². The molecule has 0 saturated carbocycles. The summed E-state index contributed by atoms with van der Waals surface area (Å²) in [6, 6.07) is 10.4. The van der Waals surface area contributed by atoms with Gasteiger partial charge in [0.25, 0.3) is 0 Å². The number of hydrogen-bond acceptors (Lipinski definition) is 3. The number of ether oxygens (including phenoxy) is 1. The van der Waals surface area contributed by atoms with Gasteiger partial charge in [-0.2, -0.15) is 0 Å². The summed E-state index contributed by atoms with van der Waals surface area (Å²) in [6.07, 6.45) is 3.26. The zero-order valence-corrected chi connectivity index (χ0v) is 12.0. The monoisotopic (exact) mass is 261 g/mol. The molecular weight excluding hydrogens is 238 g/mol. The van der Waals surface area contributed by atoms with Crippen LogP contribution in [0.4, 0.5) is 0 Å². The molecule has 104 valence electrons. The molecule has 1 rings (SSSR count). The lowest BCUT2D eigenvalue weighted by Crippen LogP contribution is -2.33. The van der Waals surface area contributed by atoms with Crippen molar-refractivity contribution >= 4 is 5.97 Å². The van der Waals surface area contributed by atoms with Gasteiger partial charge in [-0.25, -0.2) is 4.79 Å². The minimum absolute atomic E-state index is 0.0685. The van der Waals surface area contributed by atoms with Gasteiger partial charge in [0.15, 0.2) is 0 Å². The van der Waals surface area contributed by atoms with Crippen LogP contribution in [0.25, 0.3) is 0 Å². The van der Waals surface area contributed by atoms with Crippen molar-refractivity contribution in [1.82, 2.24) is 5.32 Å². The van der Waals surface area contributed by atoms with Crippen LogP contribution in [0.3, 0.4) is 0 Å². The maximum absolute atomic E-state index is 11.1. The lowest BCUT2D eigenvalue weighted by Gasteiger charge is -2.25. The lowest BCUT2D eigenvalue weighted by molar-refractivity contribution is -0.137. The molecule has 0 radical (unpaired) electrons. The van der Waals surface area contributed by atoms with Crippen LogP contribution in [0.5, 0.6) is 0 Å². The number of benzene rings is 1. The van der Waals surface area contributed by atoms with Gasteiger partial charge in [-0.3, -0.25) is 0 Å². The average molecular weight is 261 g/mol. The van der Waals surface area contributed by atoms with Crippen molar-refractivity contribution in [2.24, 2.45) is 0 Å². The van der Waals surface area contributed by atoms with Gasteiger partial charge >= 0.3 is 5.97 Å². The lowest BCUT2D eigenvalue weighted by atomic mass is 9.85. The highest BCUT2D eigenvalue weighted by Crippen LogP contribution is 2.21. The van der Waals surface area contributed by atoms with E-state index < -0.39 is 0 Å². The molecule has 0 aromatic heterocycles. The van der Waals surface area contributed by atoms with E-state index in [0.717, 1.165) is 6.54 Å². The maximum Gasteiger partial charge on any atom is 0.330 e. The number of esters is 1. The summed E-state index contributed by atoms with van der Waals surface area (Å²) < 4.78 is 4.81. The summed E-state index contributed by atoms with van der Waals surface area (Å²) in [7, 11) is 0. The van der Waals surface area contributed by atoms with Gasteiger partial charge in [0, 0.05) is 24.6 Å². The molecule has 1 aromatic rings. The Bertz CT molecular complexity index is 410. The first-order chi connectivity index (χ1) is 9.06. The summed E-state index contributed by atoms with van der Waals surface area (Å²) in [4.78, 5) is 11.1. The highest BCUT2D eigenvalue weighted by molar-refractivity contribution is 5.81.